The minimum absolute atomic E-state index is 0.0151. The van der Waals surface area contributed by atoms with Crippen molar-refractivity contribution in [2.24, 2.45) is 0 Å². The van der Waals surface area contributed by atoms with Crippen molar-refractivity contribution in [1.82, 2.24) is 9.88 Å². The van der Waals surface area contributed by atoms with Crippen LogP contribution in [0.25, 0.3) is 10.4 Å². The van der Waals surface area contributed by atoms with Gasteiger partial charge in [0.1, 0.15) is 11.9 Å². The SMILES string of the molecule is O=C(Nc1ncc(-c2ccccc2)s1)N1CCC[C@@H]1C[C@@H](O)c1ccco1. The van der Waals surface area contributed by atoms with Gasteiger partial charge in [-0.1, -0.05) is 41.7 Å². The number of aliphatic hydroxyl groups excluding tert-OH is 1. The number of nitrogens with one attached hydrogen (secondary N) is 1. The maximum atomic E-state index is 12.7. The Balaban J connectivity index is 1.39. The molecule has 3 heterocycles. The van der Waals surface area contributed by atoms with Gasteiger partial charge in [0.2, 0.25) is 0 Å². The van der Waals surface area contributed by atoms with Crippen molar-refractivity contribution in [1.29, 1.82) is 0 Å². The van der Waals surface area contributed by atoms with E-state index < -0.39 is 6.10 Å². The summed E-state index contributed by atoms with van der Waals surface area (Å²) in [6.45, 7) is 0.679. The molecule has 1 fully saturated rings. The lowest BCUT2D eigenvalue weighted by atomic mass is 10.1. The summed E-state index contributed by atoms with van der Waals surface area (Å²) in [5.74, 6) is 0.537. The van der Waals surface area contributed by atoms with Gasteiger partial charge >= 0.3 is 6.03 Å². The number of hydrogen-bond acceptors (Lipinski definition) is 5. The Kier molecular flexibility index (Phi) is 5.22. The van der Waals surface area contributed by atoms with Crippen LogP contribution in [0.5, 0.6) is 0 Å². The van der Waals surface area contributed by atoms with Gasteiger partial charge in [-0.05, 0) is 30.5 Å². The molecule has 2 N–H and O–H groups in total. The van der Waals surface area contributed by atoms with Gasteiger partial charge < -0.3 is 14.4 Å². The monoisotopic (exact) mass is 383 g/mol. The molecule has 2 amide bonds. The first kappa shape index (κ1) is 17.8. The van der Waals surface area contributed by atoms with E-state index in [1.54, 1.807) is 29.5 Å². The summed E-state index contributed by atoms with van der Waals surface area (Å²) in [6.07, 6.45) is 4.88. The number of hydrogen-bond donors (Lipinski definition) is 2. The molecule has 2 atom stereocenters. The summed E-state index contributed by atoms with van der Waals surface area (Å²) < 4.78 is 5.26. The molecular weight excluding hydrogens is 362 g/mol. The van der Waals surface area contributed by atoms with Crippen molar-refractivity contribution in [2.75, 3.05) is 11.9 Å². The molecule has 1 saturated heterocycles. The van der Waals surface area contributed by atoms with Crippen LogP contribution in [0, 0.1) is 0 Å². The number of amides is 2. The van der Waals surface area contributed by atoms with Crippen LogP contribution in [0.1, 0.15) is 31.1 Å². The van der Waals surface area contributed by atoms with Crippen LogP contribution in [0.3, 0.4) is 0 Å². The third kappa shape index (κ3) is 4.04. The third-order valence-electron chi connectivity index (χ3n) is 4.78. The maximum absolute atomic E-state index is 12.7. The molecule has 0 aliphatic carbocycles. The fraction of sp³-hybridized carbons (Fsp3) is 0.300. The van der Waals surface area contributed by atoms with Gasteiger partial charge in [0.05, 0.1) is 11.1 Å². The van der Waals surface area contributed by atoms with E-state index in [2.05, 4.69) is 10.3 Å². The highest BCUT2D eigenvalue weighted by Crippen LogP contribution is 2.31. The molecule has 0 unspecified atom stereocenters. The molecule has 0 saturated carbocycles. The fourth-order valence-corrected chi connectivity index (χ4v) is 4.25. The predicted octanol–water partition coefficient (Wildman–Crippen LogP) is 4.52. The molecular formula is C20H21N3O3S. The number of nitrogens with zero attached hydrogens (tertiary/aromatic N) is 2. The standard InChI is InChI=1S/C20H21N3O3S/c24-16(17-9-5-11-26-17)12-15-8-4-10-23(15)20(25)22-19-21-13-18(27-19)14-6-2-1-3-7-14/h1-3,5-7,9,11,13,15-16,24H,4,8,10,12H2,(H,21,22,25)/t15-,16-/m1/s1. The Morgan fingerprint density at radius 3 is 2.96 bits per heavy atom. The minimum Gasteiger partial charge on any atom is -0.467 e. The van der Waals surface area contributed by atoms with E-state index in [1.165, 1.54) is 11.3 Å². The number of carbonyl (C=O) groups excluding carboxylic acids is 1. The smallest absolute Gasteiger partial charge is 0.323 e. The maximum Gasteiger partial charge on any atom is 0.323 e. The van der Waals surface area contributed by atoms with E-state index in [4.69, 9.17) is 4.42 Å². The third-order valence-corrected chi connectivity index (χ3v) is 5.74. The highest BCUT2D eigenvalue weighted by Gasteiger charge is 2.31. The number of carbonyl (C=O) groups is 1. The molecule has 7 heteroatoms. The average Bonchev–Trinajstić information content (AvgIpc) is 3.44. The van der Waals surface area contributed by atoms with Crippen molar-refractivity contribution >= 4 is 22.5 Å². The summed E-state index contributed by atoms with van der Waals surface area (Å²) in [5, 5.41) is 13.8. The van der Waals surface area contributed by atoms with Gasteiger partial charge in [-0.3, -0.25) is 5.32 Å². The van der Waals surface area contributed by atoms with Gasteiger partial charge in [0, 0.05) is 25.2 Å². The summed E-state index contributed by atoms with van der Waals surface area (Å²) >= 11 is 1.45. The Hall–Kier alpha value is -2.64. The number of anilines is 1. The molecule has 3 aromatic rings. The van der Waals surface area contributed by atoms with Gasteiger partial charge in [-0.15, -0.1) is 0 Å². The Morgan fingerprint density at radius 1 is 1.33 bits per heavy atom. The van der Waals surface area contributed by atoms with E-state index in [0.717, 1.165) is 23.3 Å². The highest BCUT2D eigenvalue weighted by molar-refractivity contribution is 7.19. The van der Waals surface area contributed by atoms with Gasteiger partial charge in [0.25, 0.3) is 0 Å². The zero-order chi connectivity index (χ0) is 18.6. The average molecular weight is 383 g/mol. The van der Waals surface area contributed by atoms with Crippen LogP contribution in [0.2, 0.25) is 0 Å². The molecule has 4 rings (SSSR count). The summed E-state index contributed by atoms with van der Waals surface area (Å²) in [4.78, 5) is 19.8. The number of furan rings is 1. The summed E-state index contributed by atoms with van der Waals surface area (Å²) in [5.41, 5.74) is 1.08. The molecule has 0 radical (unpaired) electrons. The number of rotatable bonds is 5. The molecule has 1 aliphatic rings. The first-order chi connectivity index (χ1) is 13.2. The van der Waals surface area contributed by atoms with Crippen molar-refractivity contribution < 1.29 is 14.3 Å². The number of thiazole rings is 1. The van der Waals surface area contributed by atoms with E-state index in [9.17, 15) is 9.90 Å². The van der Waals surface area contributed by atoms with Gasteiger partial charge in [-0.2, -0.15) is 0 Å². The largest absolute Gasteiger partial charge is 0.467 e. The Bertz CT molecular complexity index is 879. The zero-order valence-electron chi connectivity index (χ0n) is 14.7. The van der Waals surface area contributed by atoms with E-state index >= 15 is 0 Å². The normalized spacial score (nSPS) is 17.8. The van der Waals surface area contributed by atoms with Crippen LogP contribution < -0.4 is 5.32 Å². The molecule has 27 heavy (non-hydrogen) atoms. The lowest BCUT2D eigenvalue weighted by Crippen LogP contribution is -2.39. The van der Waals surface area contributed by atoms with Crippen LogP contribution in [0.15, 0.2) is 59.3 Å². The number of likely N-dealkylation sites (tertiary alicyclic amines) is 1. The lowest BCUT2D eigenvalue weighted by molar-refractivity contribution is 0.110. The molecule has 6 nitrogen and oxygen atoms in total. The van der Waals surface area contributed by atoms with E-state index in [0.29, 0.717) is 23.9 Å². The summed E-state index contributed by atoms with van der Waals surface area (Å²) in [7, 11) is 0. The number of benzene rings is 1. The predicted molar refractivity (Wildman–Crippen MR) is 105 cm³/mol. The number of urea groups is 1. The molecule has 0 bridgehead atoms. The minimum atomic E-state index is -0.706. The first-order valence-corrected chi connectivity index (χ1v) is 9.82. The Labute approximate surface area is 161 Å². The Morgan fingerprint density at radius 2 is 2.19 bits per heavy atom. The zero-order valence-corrected chi connectivity index (χ0v) is 15.6. The molecule has 2 aromatic heterocycles. The molecule has 1 aliphatic heterocycles. The molecule has 1 aromatic carbocycles. The van der Waals surface area contributed by atoms with Crippen molar-refractivity contribution in [3.8, 4) is 10.4 Å². The fourth-order valence-electron chi connectivity index (χ4n) is 3.43. The van der Waals surface area contributed by atoms with Crippen LogP contribution in [-0.2, 0) is 0 Å². The second-order valence-electron chi connectivity index (χ2n) is 6.58. The number of aliphatic hydroxyl groups is 1. The lowest BCUT2D eigenvalue weighted by Gasteiger charge is -2.25. The topological polar surface area (TPSA) is 78.6 Å². The molecule has 0 spiro atoms. The highest BCUT2D eigenvalue weighted by atomic mass is 32.1. The van der Waals surface area contributed by atoms with Crippen molar-refractivity contribution in [3.63, 3.8) is 0 Å². The summed E-state index contributed by atoms with van der Waals surface area (Å²) in [6, 6.07) is 13.3. The molecule has 140 valence electrons. The number of aromatic nitrogens is 1. The van der Waals surface area contributed by atoms with Crippen LogP contribution >= 0.6 is 11.3 Å². The quantitative estimate of drug-likeness (QED) is 0.679. The second-order valence-corrected chi connectivity index (χ2v) is 7.61. The van der Waals surface area contributed by atoms with E-state index in [-0.39, 0.29) is 12.1 Å². The van der Waals surface area contributed by atoms with Crippen molar-refractivity contribution in [3.05, 3.63) is 60.7 Å². The van der Waals surface area contributed by atoms with Crippen LogP contribution in [-0.4, -0.2) is 33.6 Å². The van der Waals surface area contributed by atoms with Gasteiger partial charge in [-0.25, -0.2) is 9.78 Å². The second kappa shape index (κ2) is 7.94. The first-order valence-electron chi connectivity index (χ1n) is 9.01. The van der Waals surface area contributed by atoms with Crippen LogP contribution in [0.4, 0.5) is 9.93 Å². The van der Waals surface area contributed by atoms with E-state index in [1.807, 2.05) is 30.3 Å². The van der Waals surface area contributed by atoms with Crippen molar-refractivity contribution in [2.45, 2.75) is 31.4 Å². The van der Waals surface area contributed by atoms with Gasteiger partial charge in [0.15, 0.2) is 5.13 Å².